The Labute approximate surface area is 92.3 Å². The zero-order valence-corrected chi connectivity index (χ0v) is 9.88. The summed E-state index contributed by atoms with van der Waals surface area (Å²) < 4.78 is 0. The second-order valence-electron chi connectivity index (χ2n) is 4.55. The third-order valence-electron chi connectivity index (χ3n) is 3.64. The highest BCUT2D eigenvalue weighted by Gasteiger charge is 2.45. The summed E-state index contributed by atoms with van der Waals surface area (Å²) in [5.41, 5.74) is -0.636. The van der Waals surface area contributed by atoms with Crippen molar-refractivity contribution >= 4 is 5.97 Å². The number of hydrogen-bond donors (Lipinski definition) is 2. The normalized spacial score (nSPS) is 31.5. The van der Waals surface area contributed by atoms with Crippen LogP contribution in [0.2, 0.25) is 0 Å². The fourth-order valence-corrected chi connectivity index (χ4v) is 2.74. The number of carboxylic acid groups (broad SMARTS) is 1. The monoisotopic (exact) mass is 213 g/mol. The molecule has 0 spiro atoms. The number of carbonyl (C=O) groups is 1. The van der Waals surface area contributed by atoms with Gasteiger partial charge in [-0.3, -0.25) is 4.79 Å². The lowest BCUT2D eigenvalue weighted by molar-refractivity contribution is -0.149. The van der Waals surface area contributed by atoms with Crippen molar-refractivity contribution in [2.24, 2.45) is 5.92 Å². The van der Waals surface area contributed by atoms with Crippen molar-refractivity contribution in [2.45, 2.75) is 57.9 Å². The van der Waals surface area contributed by atoms with Gasteiger partial charge in [-0.15, -0.1) is 0 Å². The highest BCUT2D eigenvalue weighted by atomic mass is 16.4. The molecule has 0 aromatic carbocycles. The lowest BCUT2D eigenvalue weighted by Gasteiger charge is -2.41. The summed E-state index contributed by atoms with van der Waals surface area (Å²) in [4.78, 5) is 11.5. The van der Waals surface area contributed by atoms with Gasteiger partial charge in [-0.25, -0.2) is 0 Å². The van der Waals surface area contributed by atoms with E-state index in [1.54, 1.807) is 0 Å². The molecule has 3 nitrogen and oxygen atoms in total. The lowest BCUT2D eigenvalue weighted by Crippen LogP contribution is -2.58. The topological polar surface area (TPSA) is 49.3 Å². The summed E-state index contributed by atoms with van der Waals surface area (Å²) in [6.45, 7) is 4.98. The molecule has 1 rings (SSSR count). The fraction of sp³-hybridized carbons (Fsp3) is 0.917. The van der Waals surface area contributed by atoms with E-state index in [9.17, 15) is 9.90 Å². The Morgan fingerprint density at radius 2 is 2.20 bits per heavy atom. The summed E-state index contributed by atoms with van der Waals surface area (Å²) in [7, 11) is 0. The molecule has 88 valence electrons. The molecule has 2 N–H and O–H groups in total. The highest BCUT2D eigenvalue weighted by molar-refractivity contribution is 5.79. The third-order valence-corrected chi connectivity index (χ3v) is 3.64. The van der Waals surface area contributed by atoms with E-state index < -0.39 is 11.5 Å². The minimum absolute atomic E-state index is 0.301. The highest BCUT2D eigenvalue weighted by Crippen LogP contribution is 2.36. The van der Waals surface area contributed by atoms with Crippen LogP contribution in [0.25, 0.3) is 0 Å². The lowest BCUT2D eigenvalue weighted by atomic mass is 9.71. The van der Waals surface area contributed by atoms with Crippen molar-refractivity contribution in [3.63, 3.8) is 0 Å². The first-order chi connectivity index (χ1) is 7.17. The molecule has 0 aromatic heterocycles. The number of aliphatic carboxylic acids is 1. The first-order valence-corrected chi connectivity index (χ1v) is 6.15. The van der Waals surface area contributed by atoms with Crippen molar-refractivity contribution in [1.82, 2.24) is 5.32 Å². The van der Waals surface area contributed by atoms with Gasteiger partial charge in [-0.2, -0.15) is 0 Å². The molecule has 0 bridgehead atoms. The zero-order chi connectivity index (χ0) is 11.3. The molecule has 1 aliphatic rings. The number of hydrogen-bond acceptors (Lipinski definition) is 2. The van der Waals surface area contributed by atoms with Crippen LogP contribution in [0.4, 0.5) is 0 Å². The van der Waals surface area contributed by atoms with Gasteiger partial charge in [0.25, 0.3) is 0 Å². The minimum Gasteiger partial charge on any atom is -0.480 e. The van der Waals surface area contributed by atoms with E-state index in [0.717, 1.165) is 38.6 Å². The second-order valence-corrected chi connectivity index (χ2v) is 4.55. The van der Waals surface area contributed by atoms with Crippen LogP contribution >= 0.6 is 0 Å². The smallest absolute Gasteiger partial charge is 0.324 e. The third kappa shape index (κ3) is 2.51. The fourth-order valence-electron chi connectivity index (χ4n) is 2.74. The molecule has 1 fully saturated rings. The molecule has 0 radical (unpaired) electrons. The summed E-state index contributed by atoms with van der Waals surface area (Å²) in [5.74, 6) is -0.349. The van der Waals surface area contributed by atoms with Gasteiger partial charge in [0.1, 0.15) is 5.54 Å². The molecule has 3 heteroatoms. The molecule has 0 amide bonds. The SMILES string of the molecule is CCCNC1(C(=O)O)CCCCC1CC. The maximum absolute atomic E-state index is 11.5. The standard InChI is InChI=1S/C12H23NO2/c1-3-9-13-12(11(14)15)8-6-5-7-10(12)4-2/h10,13H,3-9H2,1-2H3,(H,14,15). The van der Waals surface area contributed by atoms with Crippen LogP contribution in [0.5, 0.6) is 0 Å². The Morgan fingerprint density at radius 1 is 1.47 bits per heavy atom. The van der Waals surface area contributed by atoms with Crippen LogP contribution in [0.3, 0.4) is 0 Å². The van der Waals surface area contributed by atoms with Crippen LogP contribution in [-0.4, -0.2) is 23.2 Å². The summed E-state index contributed by atoms with van der Waals surface area (Å²) in [6.07, 6.45) is 6.02. The van der Waals surface area contributed by atoms with Crippen molar-refractivity contribution in [3.05, 3.63) is 0 Å². The van der Waals surface area contributed by atoms with Gasteiger partial charge in [0.05, 0.1) is 0 Å². The van der Waals surface area contributed by atoms with Crippen molar-refractivity contribution in [1.29, 1.82) is 0 Å². The van der Waals surface area contributed by atoms with E-state index in [4.69, 9.17) is 0 Å². The first kappa shape index (κ1) is 12.5. The molecule has 0 aliphatic heterocycles. The molecule has 0 saturated heterocycles. The van der Waals surface area contributed by atoms with Crippen molar-refractivity contribution < 1.29 is 9.90 Å². The first-order valence-electron chi connectivity index (χ1n) is 6.15. The van der Waals surface area contributed by atoms with E-state index in [0.29, 0.717) is 5.92 Å². The number of rotatable bonds is 5. The quantitative estimate of drug-likeness (QED) is 0.737. The van der Waals surface area contributed by atoms with E-state index in [1.807, 2.05) is 0 Å². The van der Waals surface area contributed by atoms with Crippen LogP contribution < -0.4 is 5.32 Å². The van der Waals surface area contributed by atoms with Gasteiger partial charge < -0.3 is 10.4 Å². The van der Waals surface area contributed by atoms with Crippen LogP contribution in [0, 0.1) is 5.92 Å². The molecule has 1 saturated carbocycles. The minimum atomic E-state index is -0.650. The average Bonchev–Trinajstić information content (AvgIpc) is 2.26. The molecule has 2 atom stereocenters. The van der Waals surface area contributed by atoms with E-state index >= 15 is 0 Å². The van der Waals surface area contributed by atoms with Gasteiger partial charge in [0, 0.05) is 0 Å². The van der Waals surface area contributed by atoms with Gasteiger partial charge >= 0.3 is 5.97 Å². The molecule has 15 heavy (non-hydrogen) atoms. The van der Waals surface area contributed by atoms with Gasteiger partial charge in [-0.1, -0.05) is 33.1 Å². The Hall–Kier alpha value is -0.570. The van der Waals surface area contributed by atoms with E-state index in [2.05, 4.69) is 19.2 Å². The molecular formula is C12H23NO2. The molecule has 0 heterocycles. The van der Waals surface area contributed by atoms with Gasteiger partial charge in [0.15, 0.2) is 0 Å². The average molecular weight is 213 g/mol. The van der Waals surface area contributed by atoms with E-state index in [1.165, 1.54) is 6.42 Å². The maximum atomic E-state index is 11.5. The Bertz CT molecular complexity index is 218. The Morgan fingerprint density at radius 3 is 2.73 bits per heavy atom. The second kappa shape index (κ2) is 5.50. The van der Waals surface area contributed by atoms with Gasteiger partial charge in [-0.05, 0) is 31.7 Å². The number of nitrogens with one attached hydrogen (secondary N) is 1. The molecule has 0 aromatic rings. The Kier molecular flexibility index (Phi) is 4.58. The van der Waals surface area contributed by atoms with Crippen molar-refractivity contribution in [2.75, 3.05) is 6.54 Å². The molecule has 1 aliphatic carbocycles. The van der Waals surface area contributed by atoms with Crippen LogP contribution in [-0.2, 0) is 4.79 Å². The largest absolute Gasteiger partial charge is 0.480 e. The summed E-state index contributed by atoms with van der Waals surface area (Å²) >= 11 is 0. The molecular weight excluding hydrogens is 190 g/mol. The van der Waals surface area contributed by atoms with Crippen molar-refractivity contribution in [3.8, 4) is 0 Å². The predicted molar refractivity (Wildman–Crippen MR) is 60.9 cm³/mol. The summed E-state index contributed by atoms with van der Waals surface area (Å²) in [5, 5.41) is 12.7. The Balaban J connectivity index is 2.79. The van der Waals surface area contributed by atoms with Gasteiger partial charge in [0.2, 0.25) is 0 Å². The van der Waals surface area contributed by atoms with Crippen LogP contribution in [0.15, 0.2) is 0 Å². The maximum Gasteiger partial charge on any atom is 0.324 e. The number of carboxylic acids is 1. The van der Waals surface area contributed by atoms with E-state index in [-0.39, 0.29) is 0 Å². The van der Waals surface area contributed by atoms with Crippen LogP contribution in [0.1, 0.15) is 52.4 Å². The zero-order valence-electron chi connectivity index (χ0n) is 9.88. The summed E-state index contributed by atoms with van der Waals surface area (Å²) in [6, 6.07) is 0. The predicted octanol–water partition coefficient (Wildman–Crippen LogP) is 2.41. The molecule has 2 unspecified atom stereocenters.